The molecule has 152 valence electrons. The fourth-order valence-electron chi connectivity index (χ4n) is 2.84. The Morgan fingerprint density at radius 2 is 1.83 bits per heavy atom. The van der Waals surface area contributed by atoms with Crippen molar-refractivity contribution in [2.45, 2.75) is 6.92 Å². The fraction of sp³-hybridized carbons (Fsp3) is 0.130. The third kappa shape index (κ3) is 4.88. The van der Waals surface area contributed by atoms with E-state index >= 15 is 0 Å². The second-order valence-corrected chi connectivity index (χ2v) is 6.56. The lowest BCUT2D eigenvalue weighted by Crippen LogP contribution is -2.34. The summed E-state index contributed by atoms with van der Waals surface area (Å²) in [6, 6.07) is 13.5. The summed E-state index contributed by atoms with van der Waals surface area (Å²) in [4.78, 5) is 48.4. The number of hydrogen-bond donors (Lipinski definition) is 1. The van der Waals surface area contributed by atoms with Gasteiger partial charge in [0, 0.05) is 17.3 Å². The average molecular weight is 405 g/mol. The standard InChI is InChI=1S/C23H19NO6/c1-14-12-20(26)21(23(28)30-14)19(25)11-6-15-4-3-5-17(13-15)24-22(27)16-7-9-18(29-2)10-8-16/h3-13,21H,1-2H3,(H,24,27)/b11-6+/t21-/m0/s1. The SMILES string of the molecule is COc1ccc(C(=O)Nc2cccc(/C=C/C(=O)[C@H]3C(=O)C=C(C)OC3=O)c2)cc1. The number of ketones is 2. The van der Waals surface area contributed by atoms with E-state index in [0.717, 1.165) is 12.2 Å². The molecule has 0 saturated heterocycles. The molecule has 0 spiro atoms. The van der Waals surface area contributed by atoms with Crippen molar-refractivity contribution in [3.63, 3.8) is 0 Å². The molecule has 0 aromatic heterocycles. The Hall–Kier alpha value is -4.00. The average Bonchev–Trinajstić information content (AvgIpc) is 2.72. The van der Waals surface area contributed by atoms with Crippen LogP contribution in [0.1, 0.15) is 22.8 Å². The number of carbonyl (C=O) groups is 4. The number of rotatable bonds is 6. The van der Waals surface area contributed by atoms with Gasteiger partial charge in [0.05, 0.1) is 7.11 Å². The van der Waals surface area contributed by atoms with E-state index in [9.17, 15) is 19.2 Å². The Kier molecular flexibility index (Phi) is 6.22. The van der Waals surface area contributed by atoms with Gasteiger partial charge in [-0.2, -0.15) is 0 Å². The number of benzene rings is 2. The van der Waals surface area contributed by atoms with Gasteiger partial charge in [0.1, 0.15) is 11.5 Å². The summed E-state index contributed by atoms with van der Waals surface area (Å²) in [5.74, 6) is -3.11. The molecule has 1 aliphatic heterocycles. The van der Waals surface area contributed by atoms with Gasteiger partial charge in [0.15, 0.2) is 17.5 Å². The van der Waals surface area contributed by atoms with Crippen molar-refractivity contribution in [2.24, 2.45) is 5.92 Å². The number of allylic oxidation sites excluding steroid dienone is 3. The largest absolute Gasteiger partial charge is 0.497 e. The Bertz CT molecular complexity index is 1070. The summed E-state index contributed by atoms with van der Waals surface area (Å²) in [7, 11) is 1.55. The molecule has 0 fully saturated rings. The normalized spacial score (nSPS) is 16.1. The minimum atomic E-state index is -1.48. The molecule has 0 saturated carbocycles. The monoisotopic (exact) mass is 405 g/mol. The van der Waals surface area contributed by atoms with Crippen molar-refractivity contribution < 1.29 is 28.7 Å². The van der Waals surface area contributed by atoms with Gasteiger partial charge in [-0.3, -0.25) is 19.2 Å². The van der Waals surface area contributed by atoms with E-state index < -0.39 is 23.5 Å². The molecule has 2 aromatic rings. The lowest BCUT2D eigenvalue weighted by molar-refractivity contribution is -0.151. The first-order chi connectivity index (χ1) is 14.4. The highest BCUT2D eigenvalue weighted by molar-refractivity contribution is 6.25. The topological polar surface area (TPSA) is 98.8 Å². The molecule has 0 bridgehead atoms. The van der Waals surface area contributed by atoms with Crippen LogP contribution >= 0.6 is 0 Å². The zero-order valence-electron chi connectivity index (χ0n) is 16.4. The molecule has 1 atom stereocenters. The zero-order chi connectivity index (χ0) is 21.7. The van der Waals surface area contributed by atoms with Crippen LogP contribution in [0.2, 0.25) is 0 Å². The smallest absolute Gasteiger partial charge is 0.329 e. The highest BCUT2D eigenvalue weighted by atomic mass is 16.5. The van der Waals surface area contributed by atoms with Crippen LogP contribution in [0.5, 0.6) is 5.75 Å². The van der Waals surface area contributed by atoms with Gasteiger partial charge >= 0.3 is 5.97 Å². The Morgan fingerprint density at radius 3 is 2.50 bits per heavy atom. The van der Waals surface area contributed by atoms with Crippen LogP contribution in [0.3, 0.4) is 0 Å². The van der Waals surface area contributed by atoms with Crippen molar-refractivity contribution in [3.8, 4) is 5.75 Å². The van der Waals surface area contributed by atoms with Crippen LogP contribution in [0.25, 0.3) is 6.08 Å². The lowest BCUT2D eigenvalue weighted by atomic mass is 9.96. The van der Waals surface area contributed by atoms with E-state index in [4.69, 9.17) is 9.47 Å². The first kappa shape index (κ1) is 20.7. The first-order valence-corrected chi connectivity index (χ1v) is 9.08. The Labute approximate surface area is 173 Å². The highest BCUT2D eigenvalue weighted by Crippen LogP contribution is 2.18. The zero-order valence-corrected chi connectivity index (χ0v) is 16.4. The van der Waals surface area contributed by atoms with Crippen LogP contribution in [0.4, 0.5) is 5.69 Å². The van der Waals surface area contributed by atoms with Gasteiger partial charge in [-0.15, -0.1) is 0 Å². The molecule has 7 nitrogen and oxygen atoms in total. The molecule has 0 unspecified atom stereocenters. The number of anilines is 1. The van der Waals surface area contributed by atoms with Crippen molar-refractivity contribution in [1.29, 1.82) is 0 Å². The molecular formula is C23H19NO6. The van der Waals surface area contributed by atoms with E-state index in [1.807, 2.05) is 0 Å². The summed E-state index contributed by atoms with van der Waals surface area (Å²) >= 11 is 0. The van der Waals surface area contributed by atoms with E-state index in [1.165, 1.54) is 13.0 Å². The Morgan fingerprint density at radius 1 is 1.10 bits per heavy atom. The van der Waals surface area contributed by atoms with Crippen LogP contribution in [-0.2, 0) is 19.1 Å². The fourth-order valence-corrected chi connectivity index (χ4v) is 2.84. The third-order valence-corrected chi connectivity index (χ3v) is 4.35. The summed E-state index contributed by atoms with van der Waals surface area (Å²) in [6.45, 7) is 1.47. The van der Waals surface area contributed by atoms with Crippen LogP contribution in [-0.4, -0.2) is 30.6 Å². The van der Waals surface area contributed by atoms with E-state index in [2.05, 4.69) is 5.32 Å². The number of esters is 1. The van der Waals surface area contributed by atoms with Gasteiger partial charge in [-0.05, 0) is 55.0 Å². The van der Waals surface area contributed by atoms with Crippen molar-refractivity contribution in [1.82, 2.24) is 0 Å². The van der Waals surface area contributed by atoms with Crippen molar-refractivity contribution >= 4 is 35.2 Å². The maximum atomic E-state index is 12.4. The molecular weight excluding hydrogens is 386 g/mol. The molecule has 1 N–H and O–H groups in total. The summed E-state index contributed by atoms with van der Waals surface area (Å²) in [6.07, 6.45) is 3.76. The summed E-state index contributed by atoms with van der Waals surface area (Å²) < 4.78 is 9.92. The molecule has 1 amide bonds. The molecule has 2 aromatic carbocycles. The third-order valence-electron chi connectivity index (χ3n) is 4.35. The van der Waals surface area contributed by atoms with Crippen LogP contribution in [0, 0.1) is 5.92 Å². The van der Waals surface area contributed by atoms with Gasteiger partial charge in [-0.1, -0.05) is 18.2 Å². The second kappa shape index (κ2) is 9.00. The molecule has 0 radical (unpaired) electrons. The molecule has 7 heteroatoms. The molecule has 1 heterocycles. The number of cyclic esters (lactones) is 1. The van der Waals surface area contributed by atoms with Crippen LogP contribution in [0.15, 0.2) is 66.4 Å². The maximum Gasteiger partial charge on any atom is 0.329 e. The molecule has 3 rings (SSSR count). The number of amides is 1. The number of methoxy groups -OCH3 is 1. The van der Waals surface area contributed by atoms with Gasteiger partial charge < -0.3 is 14.8 Å². The molecule has 0 aliphatic carbocycles. The summed E-state index contributed by atoms with van der Waals surface area (Å²) in [5.41, 5.74) is 1.60. The van der Waals surface area contributed by atoms with Crippen molar-refractivity contribution in [2.75, 3.05) is 12.4 Å². The predicted molar refractivity (Wildman–Crippen MR) is 110 cm³/mol. The molecule has 1 aliphatic rings. The molecule has 30 heavy (non-hydrogen) atoms. The first-order valence-electron chi connectivity index (χ1n) is 9.08. The lowest BCUT2D eigenvalue weighted by Gasteiger charge is -2.15. The van der Waals surface area contributed by atoms with E-state index in [-0.39, 0.29) is 11.7 Å². The highest BCUT2D eigenvalue weighted by Gasteiger charge is 2.36. The van der Waals surface area contributed by atoms with E-state index in [0.29, 0.717) is 22.6 Å². The number of carbonyl (C=O) groups excluding carboxylic acids is 4. The Balaban J connectivity index is 1.69. The van der Waals surface area contributed by atoms with Crippen molar-refractivity contribution in [3.05, 3.63) is 77.6 Å². The minimum Gasteiger partial charge on any atom is -0.497 e. The van der Waals surface area contributed by atoms with Gasteiger partial charge in [0.25, 0.3) is 5.91 Å². The number of hydrogen-bond acceptors (Lipinski definition) is 6. The van der Waals surface area contributed by atoms with E-state index in [1.54, 1.807) is 55.6 Å². The minimum absolute atomic E-state index is 0.165. The quantitative estimate of drug-likeness (QED) is 0.450. The maximum absolute atomic E-state index is 12.4. The van der Waals surface area contributed by atoms with Crippen LogP contribution < -0.4 is 10.1 Å². The van der Waals surface area contributed by atoms with Gasteiger partial charge in [-0.25, -0.2) is 0 Å². The predicted octanol–water partition coefficient (Wildman–Crippen LogP) is 3.18. The second-order valence-electron chi connectivity index (χ2n) is 6.56. The van der Waals surface area contributed by atoms with Gasteiger partial charge in [0.2, 0.25) is 0 Å². The number of ether oxygens (including phenoxy) is 2. The number of nitrogens with one attached hydrogen (secondary N) is 1. The summed E-state index contributed by atoms with van der Waals surface area (Å²) in [5, 5.41) is 2.77.